The number of carbonyl (C=O) groups excluding carboxylic acids is 1. The van der Waals surface area contributed by atoms with Crippen LogP contribution in [0.3, 0.4) is 0 Å². The lowest BCUT2D eigenvalue weighted by Crippen LogP contribution is -2.51. The summed E-state index contributed by atoms with van der Waals surface area (Å²) < 4.78 is 31.8. The maximum absolute atomic E-state index is 12.7. The molecule has 130 valence electrons. The first-order valence-corrected chi connectivity index (χ1v) is 9.16. The standard InChI is InChI=1S/C15H20N4O4S/c1-11-15(12(2)23-17-11)24(21,22)19-7-5-18(6-8-19)14(20)9-13-3-4-16-10-13/h3-4,10,16H,5-9H2,1-2H3. The van der Waals surface area contributed by atoms with E-state index in [-0.39, 0.29) is 23.9 Å². The van der Waals surface area contributed by atoms with Crippen molar-refractivity contribution < 1.29 is 17.7 Å². The molecule has 0 aromatic carbocycles. The van der Waals surface area contributed by atoms with E-state index >= 15 is 0 Å². The molecule has 1 aliphatic heterocycles. The van der Waals surface area contributed by atoms with Crippen LogP contribution in [0.5, 0.6) is 0 Å². The van der Waals surface area contributed by atoms with Crippen LogP contribution in [-0.4, -0.2) is 59.8 Å². The van der Waals surface area contributed by atoms with E-state index < -0.39 is 10.0 Å². The molecular formula is C15H20N4O4S. The second-order valence-corrected chi connectivity index (χ2v) is 7.71. The van der Waals surface area contributed by atoms with Gasteiger partial charge in [-0.2, -0.15) is 4.31 Å². The van der Waals surface area contributed by atoms with Crippen LogP contribution in [0.25, 0.3) is 0 Å². The molecule has 1 amide bonds. The fraction of sp³-hybridized carbons (Fsp3) is 0.467. The summed E-state index contributed by atoms with van der Waals surface area (Å²) in [7, 11) is -3.64. The van der Waals surface area contributed by atoms with E-state index in [1.165, 1.54) is 4.31 Å². The van der Waals surface area contributed by atoms with Gasteiger partial charge in [0, 0.05) is 38.6 Å². The summed E-state index contributed by atoms with van der Waals surface area (Å²) in [6.45, 7) is 4.50. The van der Waals surface area contributed by atoms with Crippen molar-refractivity contribution in [3.05, 3.63) is 35.5 Å². The Balaban J connectivity index is 1.65. The molecular weight excluding hydrogens is 332 g/mol. The van der Waals surface area contributed by atoms with Gasteiger partial charge in [0.05, 0.1) is 6.42 Å². The summed E-state index contributed by atoms with van der Waals surface area (Å²) in [6, 6.07) is 1.86. The molecule has 1 N–H and O–H groups in total. The largest absolute Gasteiger partial charge is 0.367 e. The molecule has 1 fully saturated rings. The van der Waals surface area contributed by atoms with E-state index in [2.05, 4.69) is 10.1 Å². The molecule has 2 aromatic rings. The van der Waals surface area contributed by atoms with Gasteiger partial charge in [-0.05, 0) is 25.5 Å². The van der Waals surface area contributed by atoms with E-state index in [1.807, 2.05) is 6.07 Å². The minimum Gasteiger partial charge on any atom is -0.367 e. The van der Waals surface area contributed by atoms with Crippen LogP contribution >= 0.6 is 0 Å². The quantitative estimate of drug-likeness (QED) is 0.873. The molecule has 0 spiro atoms. The van der Waals surface area contributed by atoms with Gasteiger partial charge < -0.3 is 14.4 Å². The van der Waals surface area contributed by atoms with Crippen LogP contribution in [0.15, 0.2) is 27.9 Å². The highest BCUT2D eigenvalue weighted by Crippen LogP contribution is 2.24. The molecule has 0 unspecified atom stereocenters. The molecule has 0 bridgehead atoms. The van der Waals surface area contributed by atoms with E-state index in [0.29, 0.717) is 31.0 Å². The number of aromatic amines is 1. The first kappa shape index (κ1) is 16.7. The summed E-state index contributed by atoms with van der Waals surface area (Å²) >= 11 is 0. The molecule has 0 saturated carbocycles. The van der Waals surface area contributed by atoms with Gasteiger partial charge in [-0.15, -0.1) is 0 Å². The predicted molar refractivity (Wildman–Crippen MR) is 85.8 cm³/mol. The fourth-order valence-corrected chi connectivity index (χ4v) is 4.62. The highest BCUT2D eigenvalue weighted by molar-refractivity contribution is 7.89. The van der Waals surface area contributed by atoms with Gasteiger partial charge >= 0.3 is 0 Å². The van der Waals surface area contributed by atoms with Crippen LogP contribution in [0, 0.1) is 13.8 Å². The Morgan fingerprint density at radius 3 is 2.54 bits per heavy atom. The first-order valence-electron chi connectivity index (χ1n) is 7.72. The lowest BCUT2D eigenvalue weighted by Gasteiger charge is -2.34. The second kappa shape index (κ2) is 6.40. The molecule has 3 heterocycles. The number of amides is 1. The van der Waals surface area contributed by atoms with Gasteiger partial charge in [0.25, 0.3) is 0 Å². The van der Waals surface area contributed by atoms with Crippen molar-refractivity contribution in [2.24, 2.45) is 0 Å². The number of nitrogens with zero attached hydrogens (tertiary/aromatic N) is 3. The number of hydrogen-bond acceptors (Lipinski definition) is 5. The summed E-state index contributed by atoms with van der Waals surface area (Å²) in [4.78, 5) is 17.0. The molecule has 0 atom stereocenters. The van der Waals surface area contributed by atoms with Crippen LogP contribution < -0.4 is 0 Å². The van der Waals surface area contributed by atoms with E-state index in [9.17, 15) is 13.2 Å². The second-order valence-electron chi connectivity index (χ2n) is 5.83. The zero-order valence-electron chi connectivity index (χ0n) is 13.7. The maximum Gasteiger partial charge on any atom is 0.248 e. The number of piperazine rings is 1. The molecule has 2 aromatic heterocycles. The van der Waals surface area contributed by atoms with Gasteiger partial charge in [0.15, 0.2) is 5.76 Å². The molecule has 8 nitrogen and oxygen atoms in total. The number of H-pyrrole nitrogens is 1. The number of sulfonamides is 1. The minimum atomic E-state index is -3.64. The molecule has 9 heteroatoms. The number of hydrogen-bond donors (Lipinski definition) is 1. The SMILES string of the molecule is Cc1noc(C)c1S(=O)(=O)N1CCN(C(=O)Cc2cc[nH]c2)CC1. The Kier molecular flexibility index (Phi) is 4.46. The smallest absolute Gasteiger partial charge is 0.248 e. The minimum absolute atomic E-state index is 0.00369. The lowest BCUT2D eigenvalue weighted by molar-refractivity contribution is -0.131. The lowest BCUT2D eigenvalue weighted by atomic mass is 10.2. The Hall–Kier alpha value is -2.13. The first-order chi connectivity index (χ1) is 11.4. The Morgan fingerprint density at radius 2 is 2.00 bits per heavy atom. The Labute approximate surface area is 140 Å². The summed E-state index contributed by atoms with van der Waals surface area (Å²) in [5.41, 5.74) is 1.28. The Bertz CT molecular complexity index is 798. The molecule has 0 aliphatic carbocycles. The number of aryl methyl sites for hydroxylation is 2. The zero-order chi connectivity index (χ0) is 17.3. The van der Waals surface area contributed by atoms with Crippen LogP contribution in [-0.2, 0) is 21.2 Å². The molecule has 24 heavy (non-hydrogen) atoms. The Morgan fingerprint density at radius 1 is 1.29 bits per heavy atom. The fourth-order valence-electron chi connectivity index (χ4n) is 2.90. The number of nitrogens with one attached hydrogen (secondary N) is 1. The average Bonchev–Trinajstić information content (AvgIpc) is 3.17. The number of rotatable bonds is 4. The van der Waals surface area contributed by atoms with Crippen molar-refractivity contribution in [2.45, 2.75) is 25.2 Å². The third-order valence-electron chi connectivity index (χ3n) is 4.17. The van der Waals surface area contributed by atoms with Crippen molar-refractivity contribution in [1.29, 1.82) is 0 Å². The molecule has 3 rings (SSSR count). The van der Waals surface area contributed by atoms with Crippen LogP contribution in [0.4, 0.5) is 0 Å². The van der Waals surface area contributed by atoms with Crippen molar-refractivity contribution in [1.82, 2.24) is 19.3 Å². The predicted octanol–water partition coefficient (Wildman–Crippen LogP) is 0.695. The maximum atomic E-state index is 12.7. The number of carbonyl (C=O) groups is 1. The molecule has 0 radical (unpaired) electrons. The normalized spacial score (nSPS) is 16.5. The van der Waals surface area contributed by atoms with Crippen LogP contribution in [0.2, 0.25) is 0 Å². The van der Waals surface area contributed by atoms with Gasteiger partial charge in [0.1, 0.15) is 10.6 Å². The molecule has 1 saturated heterocycles. The molecule has 1 aliphatic rings. The summed E-state index contributed by atoms with van der Waals surface area (Å²) in [5.74, 6) is 0.294. The average molecular weight is 352 g/mol. The highest BCUT2D eigenvalue weighted by Gasteiger charge is 2.34. The third-order valence-corrected chi connectivity index (χ3v) is 6.32. The monoisotopic (exact) mass is 352 g/mol. The summed E-state index contributed by atoms with van der Waals surface area (Å²) in [6.07, 6.45) is 3.88. The van der Waals surface area contributed by atoms with Crippen molar-refractivity contribution in [3.63, 3.8) is 0 Å². The van der Waals surface area contributed by atoms with Gasteiger partial charge in [-0.1, -0.05) is 5.16 Å². The third kappa shape index (κ3) is 3.09. The van der Waals surface area contributed by atoms with Gasteiger partial charge in [-0.25, -0.2) is 8.42 Å². The zero-order valence-corrected chi connectivity index (χ0v) is 14.5. The van der Waals surface area contributed by atoms with Gasteiger partial charge in [0.2, 0.25) is 15.9 Å². The van der Waals surface area contributed by atoms with Crippen molar-refractivity contribution in [3.8, 4) is 0 Å². The number of aromatic nitrogens is 2. The van der Waals surface area contributed by atoms with Gasteiger partial charge in [-0.3, -0.25) is 4.79 Å². The topological polar surface area (TPSA) is 99.5 Å². The van der Waals surface area contributed by atoms with E-state index in [1.54, 1.807) is 31.1 Å². The van der Waals surface area contributed by atoms with Crippen molar-refractivity contribution >= 4 is 15.9 Å². The van der Waals surface area contributed by atoms with Crippen LogP contribution in [0.1, 0.15) is 17.0 Å². The van der Waals surface area contributed by atoms with E-state index in [0.717, 1.165) is 5.56 Å². The highest BCUT2D eigenvalue weighted by atomic mass is 32.2. The van der Waals surface area contributed by atoms with Crippen molar-refractivity contribution in [2.75, 3.05) is 26.2 Å². The summed E-state index contributed by atoms with van der Waals surface area (Å²) in [5, 5.41) is 3.71. The van der Waals surface area contributed by atoms with E-state index in [4.69, 9.17) is 4.52 Å².